The van der Waals surface area contributed by atoms with Crippen LogP contribution in [0.1, 0.15) is 21.5 Å². The van der Waals surface area contributed by atoms with Crippen LogP contribution in [0.2, 0.25) is 0 Å². The Bertz CT molecular complexity index is 997. The topological polar surface area (TPSA) is 72.5 Å². The quantitative estimate of drug-likeness (QED) is 0.402. The highest BCUT2D eigenvalue weighted by atomic mass is 16.5. The second-order valence-electron chi connectivity index (χ2n) is 6.76. The average molecular weight is 438 g/mol. The zero-order chi connectivity index (χ0) is 22.9. The molecule has 168 valence electrons. The fourth-order valence-electron chi connectivity index (χ4n) is 3.16. The molecule has 0 radical (unpaired) electrons. The van der Waals surface area contributed by atoms with Crippen LogP contribution in [0.3, 0.4) is 0 Å². The minimum absolute atomic E-state index is 0.179. The minimum Gasteiger partial charge on any atom is -0.493 e. The predicted molar refractivity (Wildman–Crippen MR) is 120 cm³/mol. The molecule has 0 N–H and O–H groups in total. The lowest BCUT2D eigenvalue weighted by molar-refractivity contribution is 0.112. The molecular formula is C25H26O7. The van der Waals surface area contributed by atoms with E-state index >= 15 is 0 Å². The Morgan fingerprint density at radius 2 is 1.06 bits per heavy atom. The molecule has 0 unspecified atom stereocenters. The SMILES string of the molecule is COc1cc(C=O)cc(OC)c1OCc1cc(OC)c(OCc2ccccc2)c(OC)c1. The Morgan fingerprint density at radius 3 is 1.50 bits per heavy atom. The normalized spacial score (nSPS) is 10.2. The summed E-state index contributed by atoms with van der Waals surface area (Å²) in [4.78, 5) is 11.2. The smallest absolute Gasteiger partial charge is 0.203 e. The lowest BCUT2D eigenvalue weighted by Crippen LogP contribution is -2.04. The van der Waals surface area contributed by atoms with E-state index in [4.69, 9.17) is 28.4 Å². The van der Waals surface area contributed by atoms with Crippen molar-refractivity contribution in [2.45, 2.75) is 13.2 Å². The maximum absolute atomic E-state index is 11.2. The van der Waals surface area contributed by atoms with Crippen molar-refractivity contribution in [2.24, 2.45) is 0 Å². The molecule has 0 bridgehead atoms. The van der Waals surface area contributed by atoms with E-state index in [2.05, 4.69) is 0 Å². The molecule has 7 nitrogen and oxygen atoms in total. The van der Waals surface area contributed by atoms with Gasteiger partial charge in [-0.15, -0.1) is 0 Å². The molecule has 7 heteroatoms. The molecule has 0 aromatic heterocycles. The van der Waals surface area contributed by atoms with E-state index in [-0.39, 0.29) is 6.61 Å². The summed E-state index contributed by atoms with van der Waals surface area (Å²) < 4.78 is 33.8. The van der Waals surface area contributed by atoms with Gasteiger partial charge in [-0.25, -0.2) is 0 Å². The summed E-state index contributed by atoms with van der Waals surface area (Å²) >= 11 is 0. The first-order valence-electron chi connectivity index (χ1n) is 9.89. The van der Waals surface area contributed by atoms with Crippen LogP contribution < -0.4 is 28.4 Å². The van der Waals surface area contributed by atoms with Crippen LogP contribution in [0.4, 0.5) is 0 Å². The number of methoxy groups -OCH3 is 4. The largest absolute Gasteiger partial charge is 0.493 e. The van der Waals surface area contributed by atoms with E-state index in [9.17, 15) is 4.79 Å². The summed E-state index contributed by atoms with van der Waals surface area (Å²) in [6, 6.07) is 16.7. The molecule has 32 heavy (non-hydrogen) atoms. The zero-order valence-corrected chi connectivity index (χ0v) is 18.5. The van der Waals surface area contributed by atoms with E-state index in [1.165, 1.54) is 14.2 Å². The Balaban J connectivity index is 1.84. The van der Waals surface area contributed by atoms with Crippen molar-refractivity contribution in [1.82, 2.24) is 0 Å². The summed E-state index contributed by atoms with van der Waals surface area (Å²) in [5, 5.41) is 0. The number of benzene rings is 3. The van der Waals surface area contributed by atoms with E-state index in [0.29, 0.717) is 46.7 Å². The van der Waals surface area contributed by atoms with Gasteiger partial charge in [-0.2, -0.15) is 0 Å². The van der Waals surface area contributed by atoms with Crippen molar-refractivity contribution in [3.8, 4) is 34.5 Å². The molecule has 0 spiro atoms. The van der Waals surface area contributed by atoms with Gasteiger partial charge in [0.05, 0.1) is 28.4 Å². The van der Waals surface area contributed by atoms with Crippen molar-refractivity contribution >= 4 is 6.29 Å². The van der Waals surface area contributed by atoms with Gasteiger partial charge in [-0.1, -0.05) is 30.3 Å². The van der Waals surface area contributed by atoms with Crippen molar-refractivity contribution in [1.29, 1.82) is 0 Å². The van der Waals surface area contributed by atoms with Gasteiger partial charge in [0.2, 0.25) is 11.5 Å². The molecule has 0 heterocycles. The Kier molecular flexibility index (Phi) is 7.80. The third-order valence-electron chi connectivity index (χ3n) is 4.75. The van der Waals surface area contributed by atoms with Gasteiger partial charge in [0, 0.05) is 5.56 Å². The lowest BCUT2D eigenvalue weighted by Gasteiger charge is -2.18. The standard InChI is InChI=1S/C25H26O7/c1-27-20-10-18(14-26)11-21(28-2)24(20)32-16-19-12-22(29-3)25(23(13-19)30-4)31-15-17-8-6-5-7-9-17/h5-14H,15-16H2,1-4H3. The van der Waals surface area contributed by atoms with Crippen LogP contribution in [0.5, 0.6) is 34.5 Å². The number of ether oxygens (including phenoxy) is 6. The molecule has 0 aliphatic carbocycles. The third kappa shape index (κ3) is 5.24. The van der Waals surface area contributed by atoms with E-state index < -0.39 is 0 Å². The number of carbonyl (C=O) groups excluding carboxylic acids is 1. The van der Waals surface area contributed by atoms with Crippen LogP contribution in [-0.4, -0.2) is 34.7 Å². The molecule has 0 saturated carbocycles. The van der Waals surface area contributed by atoms with E-state index in [0.717, 1.165) is 17.4 Å². The Labute approximate surface area is 187 Å². The second-order valence-corrected chi connectivity index (χ2v) is 6.76. The number of carbonyl (C=O) groups is 1. The minimum atomic E-state index is 0.179. The first-order valence-corrected chi connectivity index (χ1v) is 9.89. The van der Waals surface area contributed by atoms with E-state index in [1.54, 1.807) is 26.4 Å². The zero-order valence-electron chi connectivity index (χ0n) is 18.5. The molecular weight excluding hydrogens is 412 g/mol. The van der Waals surface area contributed by atoms with Crippen molar-refractivity contribution in [2.75, 3.05) is 28.4 Å². The molecule has 3 aromatic carbocycles. The molecule has 0 fully saturated rings. The van der Waals surface area contributed by atoms with Crippen molar-refractivity contribution in [3.63, 3.8) is 0 Å². The molecule has 0 amide bonds. The van der Waals surface area contributed by atoms with Gasteiger partial charge in [0.15, 0.2) is 23.0 Å². The van der Waals surface area contributed by atoms with Crippen molar-refractivity contribution < 1.29 is 33.2 Å². The summed E-state index contributed by atoms with van der Waals surface area (Å²) in [6.45, 7) is 0.555. The van der Waals surface area contributed by atoms with Gasteiger partial charge >= 0.3 is 0 Å². The summed E-state index contributed by atoms with van der Waals surface area (Å²) in [5.74, 6) is 2.74. The fourth-order valence-corrected chi connectivity index (χ4v) is 3.16. The highest BCUT2D eigenvalue weighted by molar-refractivity contribution is 5.78. The summed E-state index contributed by atoms with van der Waals surface area (Å²) in [7, 11) is 6.14. The summed E-state index contributed by atoms with van der Waals surface area (Å²) in [6.07, 6.45) is 0.721. The second kappa shape index (κ2) is 10.9. The Morgan fingerprint density at radius 1 is 0.625 bits per heavy atom. The highest BCUT2D eigenvalue weighted by Crippen LogP contribution is 2.41. The Hall–Kier alpha value is -3.87. The monoisotopic (exact) mass is 438 g/mol. The highest BCUT2D eigenvalue weighted by Gasteiger charge is 2.18. The van der Waals surface area contributed by atoms with Crippen LogP contribution in [0, 0.1) is 0 Å². The first kappa shape index (κ1) is 22.8. The van der Waals surface area contributed by atoms with Crippen LogP contribution in [0.15, 0.2) is 54.6 Å². The van der Waals surface area contributed by atoms with Crippen LogP contribution in [-0.2, 0) is 13.2 Å². The number of hydrogen-bond acceptors (Lipinski definition) is 7. The maximum Gasteiger partial charge on any atom is 0.203 e. The summed E-state index contributed by atoms with van der Waals surface area (Å²) in [5.41, 5.74) is 2.24. The van der Waals surface area contributed by atoms with Gasteiger partial charge < -0.3 is 28.4 Å². The first-order chi connectivity index (χ1) is 15.6. The van der Waals surface area contributed by atoms with Gasteiger partial charge in [-0.05, 0) is 35.4 Å². The molecule has 3 aromatic rings. The average Bonchev–Trinajstić information content (AvgIpc) is 2.85. The molecule has 0 atom stereocenters. The maximum atomic E-state index is 11.2. The van der Waals surface area contributed by atoms with Gasteiger partial charge in [0.1, 0.15) is 19.5 Å². The molecule has 0 aliphatic rings. The van der Waals surface area contributed by atoms with Gasteiger partial charge in [0.25, 0.3) is 0 Å². The number of hydrogen-bond donors (Lipinski definition) is 0. The number of aldehydes is 1. The third-order valence-corrected chi connectivity index (χ3v) is 4.75. The number of rotatable bonds is 11. The molecule has 0 saturated heterocycles. The fraction of sp³-hybridized carbons (Fsp3) is 0.240. The van der Waals surface area contributed by atoms with Crippen molar-refractivity contribution in [3.05, 3.63) is 71.3 Å². The van der Waals surface area contributed by atoms with Gasteiger partial charge in [-0.3, -0.25) is 4.79 Å². The molecule has 0 aliphatic heterocycles. The van der Waals surface area contributed by atoms with E-state index in [1.807, 2.05) is 42.5 Å². The molecule has 3 rings (SSSR count). The van der Waals surface area contributed by atoms with Crippen LogP contribution >= 0.6 is 0 Å². The van der Waals surface area contributed by atoms with Crippen LogP contribution in [0.25, 0.3) is 0 Å². The predicted octanol–water partition coefficient (Wildman–Crippen LogP) is 4.69. The lowest BCUT2D eigenvalue weighted by atomic mass is 10.1.